The topological polar surface area (TPSA) is 108 Å². The van der Waals surface area contributed by atoms with Crippen LogP contribution in [0.5, 0.6) is 0 Å². The van der Waals surface area contributed by atoms with E-state index in [4.69, 9.17) is 0 Å². The summed E-state index contributed by atoms with van der Waals surface area (Å²) in [4.78, 5) is 50.7. The van der Waals surface area contributed by atoms with Crippen molar-refractivity contribution in [3.8, 4) is 0 Å². The van der Waals surface area contributed by atoms with Crippen LogP contribution in [-0.2, 0) is 9.59 Å². The lowest BCUT2D eigenvalue weighted by Gasteiger charge is -2.47. The predicted octanol–water partition coefficient (Wildman–Crippen LogP) is 1.67. The molecule has 1 unspecified atom stereocenters. The molecule has 0 aromatic heterocycles. The maximum Gasteiger partial charge on any atom is 0.264 e. The summed E-state index contributed by atoms with van der Waals surface area (Å²) in [5, 5.41) is 8.99. The van der Waals surface area contributed by atoms with Gasteiger partial charge in [-0.1, -0.05) is 6.07 Å². The Hall–Kier alpha value is -2.74. The van der Waals surface area contributed by atoms with Crippen molar-refractivity contribution in [2.45, 2.75) is 51.0 Å². The number of piperidine rings is 1. The van der Waals surface area contributed by atoms with Crippen LogP contribution in [0.15, 0.2) is 18.2 Å². The first-order valence-corrected chi connectivity index (χ1v) is 11.3. The lowest BCUT2D eigenvalue weighted by atomic mass is 9.66. The van der Waals surface area contributed by atoms with E-state index < -0.39 is 23.8 Å². The van der Waals surface area contributed by atoms with Crippen molar-refractivity contribution >= 4 is 29.3 Å². The zero-order valence-corrected chi connectivity index (χ0v) is 17.5. The van der Waals surface area contributed by atoms with E-state index in [2.05, 4.69) is 16.0 Å². The van der Waals surface area contributed by atoms with Crippen molar-refractivity contribution in [2.24, 2.45) is 11.3 Å². The van der Waals surface area contributed by atoms with E-state index in [9.17, 15) is 19.2 Å². The van der Waals surface area contributed by atoms with E-state index in [-0.39, 0.29) is 18.7 Å². The first kappa shape index (κ1) is 20.2. The van der Waals surface area contributed by atoms with Crippen LogP contribution in [-0.4, -0.2) is 54.2 Å². The average molecular weight is 425 g/mol. The number of carbonyl (C=O) groups excluding carboxylic acids is 4. The molecule has 3 fully saturated rings. The smallest absolute Gasteiger partial charge is 0.264 e. The van der Waals surface area contributed by atoms with Gasteiger partial charge in [-0.2, -0.15) is 0 Å². The Balaban J connectivity index is 1.24. The summed E-state index contributed by atoms with van der Waals surface area (Å²) in [7, 11) is 0. The standard InChI is InChI=1S/C23H28N4O4/c28-18-5-4-17(20(29)26-18)27-21(30)15-2-1-3-16(19(15)22(27)31)25-11-8-14-6-9-23(10-7-14)12-24-13-23/h1-3,14,17,24-25H,4-13H2,(H,26,28,29). The number of hydrogen-bond donors (Lipinski definition) is 3. The fourth-order valence-electron chi connectivity index (χ4n) is 5.48. The van der Waals surface area contributed by atoms with Gasteiger partial charge in [-0.3, -0.25) is 29.4 Å². The molecule has 1 saturated carbocycles. The minimum Gasteiger partial charge on any atom is -0.384 e. The van der Waals surface area contributed by atoms with Gasteiger partial charge in [0.25, 0.3) is 11.8 Å². The number of carbonyl (C=O) groups is 4. The molecular formula is C23H28N4O4. The molecule has 1 spiro atoms. The first-order chi connectivity index (χ1) is 15.0. The van der Waals surface area contributed by atoms with Crippen molar-refractivity contribution in [3.05, 3.63) is 29.3 Å². The quantitative estimate of drug-likeness (QED) is 0.621. The SMILES string of the molecule is O=C1CCC(N2C(=O)c3cccc(NCCC4CCC5(CC4)CNC5)c3C2=O)C(=O)N1. The van der Waals surface area contributed by atoms with Gasteiger partial charge in [0.2, 0.25) is 11.8 Å². The number of benzene rings is 1. The molecule has 1 aromatic carbocycles. The fourth-order valence-corrected chi connectivity index (χ4v) is 5.48. The summed E-state index contributed by atoms with van der Waals surface area (Å²) < 4.78 is 0. The molecule has 1 atom stereocenters. The van der Waals surface area contributed by atoms with Crippen LogP contribution >= 0.6 is 0 Å². The number of fused-ring (bicyclic) bond motifs is 1. The highest BCUT2D eigenvalue weighted by molar-refractivity contribution is 6.25. The van der Waals surface area contributed by atoms with E-state index in [1.54, 1.807) is 12.1 Å². The highest BCUT2D eigenvalue weighted by Gasteiger charge is 2.45. The number of amides is 4. The van der Waals surface area contributed by atoms with Crippen molar-refractivity contribution in [3.63, 3.8) is 0 Å². The lowest BCUT2D eigenvalue weighted by molar-refractivity contribution is -0.136. The summed E-state index contributed by atoms with van der Waals surface area (Å²) in [5.41, 5.74) is 1.84. The molecule has 0 radical (unpaired) electrons. The third kappa shape index (κ3) is 3.52. The molecule has 1 aliphatic carbocycles. The van der Waals surface area contributed by atoms with Crippen LogP contribution in [0.25, 0.3) is 0 Å². The van der Waals surface area contributed by atoms with E-state index in [0.29, 0.717) is 28.1 Å². The van der Waals surface area contributed by atoms with Crippen molar-refractivity contribution < 1.29 is 19.2 Å². The van der Waals surface area contributed by atoms with Gasteiger partial charge < -0.3 is 10.6 Å². The summed E-state index contributed by atoms with van der Waals surface area (Å²) in [5.74, 6) is -1.20. The molecule has 3 heterocycles. The number of rotatable bonds is 5. The molecule has 8 nitrogen and oxygen atoms in total. The molecule has 2 saturated heterocycles. The van der Waals surface area contributed by atoms with Gasteiger partial charge in [-0.15, -0.1) is 0 Å². The van der Waals surface area contributed by atoms with Gasteiger partial charge in [-0.25, -0.2) is 0 Å². The Labute approximate surface area is 181 Å². The minimum absolute atomic E-state index is 0.119. The molecule has 3 aliphatic heterocycles. The zero-order chi connectivity index (χ0) is 21.6. The van der Waals surface area contributed by atoms with Gasteiger partial charge in [0.1, 0.15) is 6.04 Å². The number of anilines is 1. The minimum atomic E-state index is -0.937. The lowest BCUT2D eigenvalue weighted by Crippen LogP contribution is -2.54. The molecular weight excluding hydrogens is 396 g/mol. The maximum absolute atomic E-state index is 13.1. The molecule has 1 aromatic rings. The van der Waals surface area contributed by atoms with Crippen LogP contribution < -0.4 is 16.0 Å². The molecule has 0 bridgehead atoms. The molecule has 164 valence electrons. The van der Waals surface area contributed by atoms with Crippen LogP contribution in [0.3, 0.4) is 0 Å². The number of imide groups is 2. The number of nitrogens with one attached hydrogen (secondary N) is 3. The van der Waals surface area contributed by atoms with E-state index in [0.717, 1.165) is 31.0 Å². The van der Waals surface area contributed by atoms with E-state index in [1.807, 2.05) is 6.07 Å². The monoisotopic (exact) mass is 424 g/mol. The third-order valence-corrected chi connectivity index (χ3v) is 7.50. The highest BCUT2D eigenvalue weighted by Crippen LogP contribution is 2.42. The average Bonchev–Trinajstić information content (AvgIpc) is 2.99. The second-order valence-corrected chi connectivity index (χ2v) is 9.44. The number of nitrogens with zero attached hydrogens (tertiary/aromatic N) is 1. The van der Waals surface area contributed by atoms with Crippen molar-refractivity contribution in [1.82, 2.24) is 15.5 Å². The van der Waals surface area contributed by atoms with E-state index >= 15 is 0 Å². The summed E-state index contributed by atoms with van der Waals surface area (Å²) in [6.07, 6.45) is 6.39. The van der Waals surface area contributed by atoms with Gasteiger partial charge in [-0.05, 0) is 62.0 Å². The largest absolute Gasteiger partial charge is 0.384 e. The van der Waals surface area contributed by atoms with Gasteiger partial charge in [0, 0.05) is 31.7 Å². The molecule has 5 rings (SSSR count). The predicted molar refractivity (Wildman–Crippen MR) is 113 cm³/mol. The van der Waals surface area contributed by atoms with Crippen molar-refractivity contribution in [1.29, 1.82) is 0 Å². The normalized spacial score (nSPS) is 25.4. The first-order valence-electron chi connectivity index (χ1n) is 11.3. The van der Waals surface area contributed by atoms with Gasteiger partial charge >= 0.3 is 0 Å². The van der Waals surface area contributed by atoms with Crippen LogP contribution in [0.1, 0.15) is 65.7 Å². The Bertz CT molecular complexity index is 945. The van der Waals surface area contributed by atoms with Gasteiger partial charge in [0.05, 0.1) is 11.1 Å². The van der Waals surface area contributed by atoms with Crippen LogP contribution in [0.2, 0.25) is 0 Å². The Morgan fingerprint density at radius 3 is 2.48 bits per heavy atom. The fraction of sp³-hybridized carbons (Fsp3) is 0.565. The Kier molecular flexibility index (Phi) is 5.04. The highest BCUT2D eigenvalue weighted by atomic mass is 16.2. The van der Waals surface area contributed by atoms with Crippen LogP contribution in [0, 0.1) is 11.3 Å². The van der Waals surface area contributed by atoms with Gasteiger partial charge in [0.15, 0.2) is 0 Å². The molecule has 3 N–H and O–H groups in total. The second-order valence-electron chi connectivity index (χ2n) is 9.44. The summed E-state index contributed by atoms with van der Waals surface area (Å²) >= 11 is 0. The summed E-state index contributed by atoms with van der Waals surface area (Å²) in [6, 6.07) is 4.26. The molecule has 4 amide bonds. The van der Waals surface area contributed by atoms with E-state index in [1.165, 1.54) is 25.7 Å². The molecule has 8 heteroatoms. The Morgan fingerprint density at radius 1 is 1.03 bits per heavy atom. The third-order valence-electron chi connectivity index (χ3n) is 7.50. The second kappa shape index (κ2) is 7.75. The number of hydrogen-bond acceptors (Lipinski definition) is 6. The van der Waals surface area contributed by atoms with Crippen LogP contribution in [0.4, 0.5) is 5.69 Å². The molecule has 4 aliphatic rings. The summed E-state index contributed by atoms with van der Waals surface area (Å²) in [6.45, 7) is 3.06. The maximum atomic E-state index is 13.1. The molecule has 31 heavy (non-hydrogen) atoms. The zero-order valence-electron chi connectivity index (χ0n) is 17.5. The Morgan fingerprint density at radius 2 is 1.81 bits per heavy atom. The van der Waals surface area contributed by atoms with Crippen molar-refractivity contribution in [2.75, 3.05) is 25.0 Å².